The molecule has 0 amide bonds. The van der Waals surface area contributed by atoms with Crippen molar-refractivity contribution in [2.24, 2.45) is 0 Å². The summed E-state index contributed by atoms with van der Waals surface area (Å²) in [5, 5.41) is 1.88. The van der Waals surface area contributed by atoms with E-state index in [-0.39, 0.29) is 4.90 Å². The van der Waals surface area contributed by atoms with Crippen LogP contribution in [-0.2, 0) is 16.6 Å². The molecule has 0 spiro atoms. The van der Waals surface area contributed by atoms with Crippen LogP contribution in [-0.4, -0.2) is 53.2 Å². The normalized spacial score (nSPS) is 15.1. The second-order valence-electron chi connectivity index (χ2n) is 10.3. The minimum Gasteiger partial charge on any atom is -0.301 e. The minimum atomic E-state index is -3.69. The number of hydrogen-bond acceptors (Lipinski definition) is 5. The van der Waals surface area contributed by atoms with Gasteiger partial charge in [-0.2, -0.15) is 4.31 Å². The number of pyridine rings is 1. The third-order valence-corrected chi connectivity index (χ3v) is 11.0. The first-order chi connectivity index (χ1) is 20.3. The van der Waals surface area contributed by atoms with Gasteiger partial charge in [-0.25, -0.2) is 17.8 Å². The molecule has 0 N–H and O–H groups in total. The zero-order valence-corrected chi connectivity index (χ0v) is 24.8. The molecule has 3 aromatic heterocycles. The molecular weight excluding hydrogens is 591 g/mol. The Morgan fingerprint density at radius 2 is 1.57 bits per heavy atom. The first kappa shape index (κ1) is 27.2. The maximum Gasteiger partial charge on any atom is 0.243 e. The Hall–Kier alpha value is -3.60. The Morgan fingerprint density at radius 3 is 2.31 bits per heavy atom. The Labute approximate surface area is 252 Å². The van der Waals surface area contributed by atoms with Gasteiger partial charge in [0.15, 0.2) is 0 Å². The van der Waals surface area contributed by atoms with Gasteiger partial charge in [-0.05, 0) is 66.0 Å². The topological polar surface area (TPSA) is 57.9 Å². The molecule has 1 saturated heterocycles. The molecule has 6 nitrogen and oxygen atoms in total. The summed E-state index contributed by atoms with van der Waals surface area (Å²) >= 11 is 7.96. The molecule has 0 unspecified atom stereocenters. The lowest BCUT2D eigenvalue weighted by Crippen LogP contribution is -2.48. The van der Waals surface area contributed by atoms with Crippen molar-refractivity contribution in [3.63, 3.8) is 0 Å². The number of thiophene rings is 1. The van der Waals surface area contributed by atoms with Crippen LogP contribution in [0.5, 0.6) is 0 Å². The van der Waals surface area contributed by atoms with Crippen LogP contribution in [0.1, 0.15) is 5.69 Å². The highest BCUT2D eigenvalue weighted by molar-refractivity contribution is 7.89. The van der Waals surface area contributed by atoms with Gasteiger partial charge in [0.1, 0.15) is 11.5 Å². The predicted octanol–water partition coefficient (Wildman–Crippen LogP) is 7.18. The number of rotatable bonds is 6. The average molecular weight is 617 g/mol. The Bertz CT molecular complexity index is 1980. The molecular formula is C32H26ClFN4O2S2. The molecule has 1 aliphatic rings. The molecule has 7 rings (SSSR count). The van der Waals surface area contributed by atoms with E-state index >= 15 is 0 Å². The van der Waals surface area contributed by atoms with Gasteiger partial charge < -0.3 is 4.40 Å². The summed E-state index contributed by atoms with van der Waals surface area (Å²) in [6, 6.07) is 27.5. The molecule has 10 heteroatoms. The van der Waals surface area contributed by atoms with Crippen LogP contribution in [0.3, 0.4) is 0 Å². The molecule has 4 heterocycles. The Kier molecular flexibility index (Phi) is 7.08. The van der Waals surface area contributed by atoms with E-state index in [0.717, 1.165) is 28.2 Å². The van der Waals surface area contributed by atoms with Crippen molar-refractivity contribution in [2.45, 2.75) is 11.4 Å². The predicted molar refractivity (Wildman–Crippen MR) is 167 cm³/mol. The summed E-state index contributed by atoms with van der Waals surface area (Å²) in [5.74, 6) is -0.459. The number of halogens is 2. The number of benzene rings is 3. The van der Waals surface area contributed by atoms with Crippen molar-refractivity contribution in [1.82, 2.24) is 18.6 Å². The van der Waals surface area contributed by atoms with Gasteiger partial charge in [0, 0.05) is 64.6 Å². The third kappa shape index (κ3) is 5.12. The van der Waals surface area contributed by atoms with Crippen LogP contribution in [0.15, 0.2) is 102 Å². The number of piperazine rings is 1. The Morgan fingerprint density at radius 1 is 0.857 bits per heavy atom. The van der Waals surface area contributed by atoms with Gasteiger partial charge >= 0.3 is 0 Å². The second kappa shape index (κ2) is 10.9. The number of sulfonamides is 1. The van der Waals surface area contributed by atoms with Crippen molar-refractivity contribution in [1.29, 1.82) is 0 Å². The maximum atomic E-state index is 13.4. The third-order valence-electron chi connectivity index (χ3n) is 7.70. The minimum absolute atomic E-state index is 0.109. The van der Waals surface area contributed by atoms with Crippen LogP contribution in [0.25, 0.3) is 37.4 Å². The summed E-state index contributed by atoms with van der Waals surface area (Å²) in [6.07, 6.45) is 2.15. The van der Waals surface area contributed by atoms with Crippen LogP contribution < -0.4 is 0 Å². The fraction of sp³-hybridized carbons (Fsp3) is 0.156. The van der Waals surface area contributed by atoms with Crippen molar-refractivity contribution < 1.29 is 12.8 Å². The smallest absolute Gasteiger partial charge is 0.243 e. The van der Waals surface area contributed by atoms with Crippen molar-refractivity contribution in [3.8, 4) is 21.7 Å². The van der Waals surface area contributed by atoms with E-state index in [1.807, 2.05) is 24.3 Å². The fourth-order valence-electron chi connectivity index (χ4n) is 5.45. The number of imidazole rings is 1. The maximum absolute atomic E-state index is 13.4. The molecule has 1 fully saturated rings. The molecule has 0 bridgehead atoms. The summed E-state index contributed by atoms with van der Waals surface area (Å²) in [4.78, 5) is 8.57. The largest absolute Gasteiger partial charge is 0.301 e. The summed E-state index contributed by atoms with van der Waals surface area (Å²) in [6.45, 7) is 2.41. The molecule has 3 aromatic carbocycles. The molecule has 0 radical (unpaired) electrons. The first-order valence-electron chi connectivity index (χ1n) is 13.6. The average Bonchev–Trinajstić information content (AvgIpc) is 3.60. The molecule has 212 valence electrons. The van der Waals surface area contributed by atoms with Crippen LogP contribution in [0.4, 0.5) is 4.39 Å². The van der Waals surface area contributed by atoms with Gasteiger partial charge in [-0.3, -0.25) is 4.90 Å². The van der Waals surface area contributed by atoms with Gasteiger partial charge in [-0.15, -0.1) is 11.3 Å². The van der Waals surface area contributed by atoms with E-state index in [2.05, 4.69) is 58.0 Å². The Balaban J connectivity index is 1.21. The first-order valence-corrected chi connectivity index (χ1v) is 16.2. The van der Waals surface area contributed by atoms with Gasteiger partial charge in [0.25, 0.3) is 0 Å². The molecule has 0 saturated carbocycles. The highest BCUT2D eigenvalue weighted by atomic mass is 35.5. The molecule has 1 aliphatic heterocycles. The van der Waals surface area contributed by atoms with Gasteiger partial charge in [0.2, 0.25) is 10.0 Å². The van der Waals surface area contributed by atoms with Crippen LogP contribution in [0, 0.1) is 5.82 Å². The zero-order chi connectivity index (χ0) is 28.8. The highest BCUT2D eigenvalue weighted by Gasteiger charge is 2.29. The SMILES string of the molecule is O=S(=O)(c1ccc(F)cc1)N1CCN(Cc2c(-c3ccc(Cl)cc3)nc3ccc(-c4cc5ccccc5s4)cn23)CC1. The van der Waals surface area contributed by atoms with E-state index in [4.69, 9.17) is 16.6 Å². The number of nitrogens with zero attached hydrogens (tertiary/aromatic N) is 4. The number of fused-ring (bicyclic) bond motifs is 2. The highest BCUT2D eigenvalue weighted by Crippen LogP contribution is 2.35. The van der Waals surface area contributed by atoms with E-state index in [1.165, 1.54) is 43.5 Å². The second-order valence-corrected chi connectivity index (χ2v) is 13.8. The van der Waals surface area contributed by atoms with Crippen molar-refractivity contribution >= 4 is 48.7 Å². The fourth-order valence-corrected chi connectivity index (χ4v) is 8.05. The number of aromatic nitrogens is 2. The molecule has 6 aromatic rings. The quantitative estimate of drug-likeness (QED) is 0.199. The van der Waals surface area contributed by atoms with E-state index in [1.54, 1.807) is 11.3 Å². The van der Waals surface area contributed by atoms with Crippen LogP contribution in [0.2, 0.25) is 5.02 Å². The van der Waals surface area contributed by atoms with Crippen LogP contribution >= 0.6 is 22.9 Å². The zero-order valence-electron chi connectivity index (χ0n) is 22.5. The summed E-state index contributed by atoms with van der Waals surface area (Å²) in [5.41, 5.74) is 4.84. The van der Waals surface area contributed by atoms with Crippen molar-refractivity contribution in [2.75, 3.05) is 26.2 Å². The summed E-state index contributed by atoms with van der Waals surface area (Å²) in [7, 11) is -3.69. The molecule has 42 heavy (non-hydrogen) atoms. The lowest BCUT2D eigenvalue weighted by atomic mass is 10.1. The molecule has 0 atom stereocenters. The molecule has 0 aliphatic carbocycles. The van der Waals surface area contributed by atoms with Gasteiger partial charge in [0.05, 0.1) is 16.3 Å². The van der Waals surface area contributed by atoms with E-state index < -0.39 is 15.8 Å². The standard InChI is InChI=1S/C32H26ClFN4O2S2/c33-25-8-5-22(6-9-25)32-28(21-36-15-17-37(18-16-36)42(39,40)27-12-10-26(34)11-13-27)38-20-24(7-14-31(38)35-32)30-19-23-3-1-2-4-29(23)41-30/h1-14,19-20H,15-18,21H2. The van der Waals surface area contributed by atoms with E-state index in [9.17, 15) is 12.8 Å². The summed E-state index contributed by atoms with van der Waals surface area (Å²) < 4.78 is 44.6. The van der Waals surface area contributed by atoms with Gasteiger partial charge in [-0.1, -0.05) is 41.9 Å². The van der Waals surface area contributed by atoms with Crippen molar-refractivity contribution in [3.05, 3.63) is 114 Å². The lowest BCUT2D eigenvalue weighted by Gasteiger charge is -2.34. The number of hydrogen-bond donors (Lipinski definition) is 0. The van der Waals surface area contributed by atoms with E-state index in [0.29, 0.717) is 37.7 Å². The lowest BCUT2D eigenvalue weighted by molar-refractivity contribution is 0.180. The monoisotopic (exact) mass is 616 g/mol.